The van der Waals surface area contributed by atoms with Crippen molar-refractivity contribution >= 4 is 17.6 Å². The van der Waals surface area contributed by atoms with E-state index in [1.807, 2.05) is 0 Å². The summed E-state index contributed by atoms with van der Waals surface area (Å²) < 4.78 is 23.6. The lowest BCUT2D eigenvalue weighted by atomic mass is 10.2. The Balaban J connectivity index is 2.06. The number of carbonyl (C=O) groups excluding carboxylic acids is 1. The smallest absolute Gasteiger partial charge is 0.337 e. The second-order valence-electron chi connectivity index (χ2n) is 4.00. The van der Waals surface area contributed by atoms with Gasteiger partial charge in [-0.3, -0.25) is 0 Å². The van der Waals surface area contributed by atoms with Crippen LogP contribution in [0, 0.1) is 5.82 Å². The highest BCUT2D eigenvalue weighted by molar-refractivity contribution is 6.31. The molecule has 0 N–H and O–H groups in total. The largest absolute Gasteiger partial charge is 0.489 e. The Hall–Kier alpha value is -2.07. The lowest BCUT2D eigenvalue weighted by Crippen LogP contribution is -2.02. The number of rotatable bonds is 4. The van der Waals surface area contributed by atoms with Crippen LogP contribution in [0.15, 0.2) is 42.5 Å². The molecule has 2 aromatic carbocycles. The van der Waals surface area contributed by atoms with E-state index in [4.69, 9.17) is 16.3 Å². The molecule has 104 valence electrons. The molecule has 0 atom stereocenters. The standard InChI is InChI=1S/C15H12ClFO3/c1-19-15(18)10-5-7-11(8-6-10)20-9-12-13(16)3-2-4-14(12)17/h2-8H,9H2,1H3. The quantitative estimate of drug-likeness (QED) is 0.804. The maximum absolute atomic E-state index is 13.5. The molecule has 0 amide bonds. The van der Waals surface area contributed by atoms with Gasteiger partial charge in [0.25, 0.3) is 0 Å². The molecule has 0 aromatic heterocycles. The minimum absolute atomic E-state index is 0.0169. The van der Waals surface area contributed by atoms with Crippen molar-refractivity contribution in [3.63, 3.8) is 0 Å². The zero-order chi connectivity index (χ0) is 14.5. The molecule has 0 bridgehead atoms. The molecule has 0 aliphatic rings. The Morgan fingerprint density at radius 2 is 1.90 bits per heavy atom. The van der Waals surface area contributed by atoms with Gasteiger partial charge in [-0.2, -0.15) is 0 Å². The van der Waals surface area contributed by atoms with E-state index in [0.717, 1.165) is 0 Å². The molecule has 0 fully saturated rings. The highest BCUT2D eigenvalue weighted by Gasteiger charge is 2.08. The lowest BCUT2D eigenvalue weighted by Gasteiger charge is -2.09. The third kappa shape index (κ3) is 3.27. The first-order chi connectivity index (χ1) is 9.61. The normalized spacial score (nSPS) is 10.2. The van der Waals surface area contributed by atoms with Crippen LogP contribution >= 0.6 is 11.6 Å². The topological polar surface area (TPSA) is 35.5 Å². The van der Waals surface area contributed by atoms with E-state index in [1.165, 1.54) is 19.2 Å². The number of halogens is 2. The zero-order valence-electron chi connectivity index (χ0n) is 10.7. The number of hydrogen-bond acceptors (Lipinski definition) is 3. The van der Waals surface area contributed by atoms with Crippen molar-refractivity contribution in [1.29, 1.82) is 0 Å². The van der Waals surface area contributed by atoms with Crippen LogP contribution < -0.4 is 4.74 Å². The van der Waals surface area contributed by atoms with Crippen LogP contribution in [0.5, 0.6) is 5.75 Å². The van der Waals surface area contributed by atoms with Crippen molar-refractivity contribution < 1.29 is 18.7 Å². The molecule has 0 aliphatic heterocycles. The van der Waals surface area contributed by atoms with Gasteiger partial charge in [-0.25, -0.2) is 9.18 Å². The first-order valence-electron chi connectivity index (χ1n) is 5.86. The molecule has 20 heavy (non-hydrogen) atoms. The summed E-state index contributed by atoms with van der Waals surface area (Å²) >= 11 is 5.90. The Kier molecular flexibility index (Phi) is 4.58. The Morgan fingerprint density at radius 3 is 2.50 bits per heavy atom. The van der Waals surface area contributed by atoms with Crippen LogP contribution in [-0.2, 0) is 11.3 Å². The predicted octanol–water partition coefficient (Wildman–Crippen LogP) is 3.84. The molecule has 0 saturated carbocycles. The zero-order valence-corrected chi connectivity index (χ0v) is 11.5. The Morgan fingerprint density at radius 1 is 1.20 bits per heavy atom. The number of esters is 1. The average Bonchev–Trinajstić information content (AvgIpc) is 2.46. The van der Waals surface area contributed by atoms with Crippen LogP contribution in [0.25, 0.3) is 0 Å². The SMILES string of the molecule is COC(=O)c1ccc(OCc2c(F)cccc2Cl)cc1. The van der Waals surface area contributed by atoms with Gasteiger partial charge in [-0.05, 0) is 36.4 Å². The molecule has 0 heterocycles. The molecule has 0 saturated heterocycles. The van der Waals surface area contributed by atoms with Gasteiger partial charge < -0.3 is 9.47 Å². The van der Waals surface area contributed by atoms with Crippen molar-refractivity contribution in [1.82, 2.24) is 0 Å². The number of carbonyl (C=O) groups is 1. The number of benzene rings is 2. The van der Waals surface area contributed by atoms with Crippen molar-refractivity contribution in [2.75, 3.05) is 7.11 Å². The summed E-state index contributed by atoms with van der Waals surface area (Å²) in [6.45, 7) is 0.0169. The van der Waals surface area contributed by atoms with Crippen molar-refractivity contribution in [2.24, 2.45) is 0 Å². The van der Waals surface area contributed by atoms with E-state index in [9.17, 15) is 9.18 Å². The number of ether oxygens (including phenoxy) is 2. The second kappa shape index (κ2) is 6.39. The summed E-state index contributed by atoms with van der Waals surface area (Å²) in [7, 11) is 1.31. The van der Waals surface area contributed by atoms with Crippen molar-refractivity contribution in [2.45, 2.75) is 6.61 Å². The molecule has 5 heteroatoms. The summed E-state index contributed by atoms with van der Waals surface area (Å²) in [6.07, 6.45) is 0. The molecule has 2 aromatic rings. The van der Waals surface area contributed by atoms with Gasteiger partial charge in [0.15, 0.2) is 0 Å². The van der Waals surface area contributed by atoms with E-state index in [0.29, 0.717) is 21.9 Å². The third-order valence-corrected chi connectivity index (χ3v) is 3.07. The molecular weight excluding hydrogens is 283 g/mol. The van der Waals surface area contributed by atoms with Gasteiger partial charge in [-0.15, -0.1) is 0 Å². The Labute approximate surface area is 120 Å². The van der Waals surface area contributed by atoms with Crippen LogP contribution in [0.1, 0.15) is 15.9 Å². The van der Waals surface area contributed by atoms with E-state index in [-0.39, 0.29) is 6.61 Å². The van der Waals surface area contributed by atoms with Crippen LogP contribution in [-0.4, -0.2) is 13.1 Å². The summed E-state index contributed by atoms with van der Waals surface area (Å²) in [4.78, 5) is 11.3. The first-order valence-corrected chi connectivity index (χ1v) is 6.23. The summed E-state index contributed by atoms with van der Waals surface area (Å²) in [5.41, 5.74) is 0.718. The average molecular weight is 295 g/mol. The molecule has 3 nitrogen and oxygen atoms in total. The van der Waals surface area contributed by atoms with Crippen LogP contribution in [0.4, 0.5) is 4.39 Å². The monoisotopic (exact) mass is 294 g/mol. The Bertz CT molecular complexity index is 591. The van der Waals surface area contributed by atoms with E-state index >= 15 is 0 Å². The van der Waals surface area contributed by atoms with Crippen LogP contribution in [0.2, 0.25) is 5.02 Å². The highest BCUT2D eigenvalue weighted by Crippen LogP contribution is 2.21. The van der Waals surface area contributed by atoms with Gasteiger partial charge >= 0.3 is 5.97 Å². The fourth-order valence-electron chi connectivity index (χ4n) is 1.63. The summed E-state index contributed by atoms with van der Waals surface area (Å²) in [5.74, 6) is -0.325. The van der Waals surface area contributed by atoms with E-state index in [2.05, 4.69) is 4.74 Å². The summed E-state index contributed by atoms with van der Waals surface area (Å²) in [6, 6.07) is 10.8. The molecule has 0 unspecified atom stereocenters. The number of hydrogen-bond donors (Lipinski definition) is 0. The maximum Gasteiger partial charge on any atom is 0.337 e. The first kappa shape index (κ1) is 14.3. The number of methoxy groups -OCH3 is 1. The van der Waals surface area contributed by atoms with Crippen LogP contribution in [0.3, 0.4) is 0 Å². The molecule has 0 aliphatic carbocycles. The van der Waals surface area contributed by atoms with E-state index in [1.54, 1.807) is 30.3 Å². The predicted molar refractivity (Wildman–Crippen MR) is 73.5 cm³/mol. The van der Waals surface area contributed by atoms with Gasteiger partial charge in [0.2, 0.25) is 0 Å². The minimum Gasteiger partial charge on any atom is -0.489 e. The van der Waals surface area contributed by atoms with Gasteiger partial charge in [0, 0.05) is 5.56 Å². The molecular formula is C15H12ClFO3. The second-order valence-corrected chi connectivity index (χ2v) is 4.41. The minimum atomic E-state index is -0.423. The molecule has 0 spiro atoms. The maximum atomic E-state index is 13.5. The molecule has 0 radical (unpaired) electrons. The fraction of sp³-hybridized carbons (Fsp3) is 0.133. The molecule has 2 rings (SSSR count). The van der Waals surface area contributed by atoms with E-state index < -0.39 is 11.8 Å². The summed E-state index contributed by atoms with van der Waals surface area (Å²) in [5, 5.41) is 0.316. The van der Waals surface area contributed by atoms with Crippen molar-refractivity contribution in [3.8, 4) is 5.75 Å². The van der Waals surface area contributed by atoms with Gasteiger partial charge in [-0.1, -0.05) is 17.7 Å². The van der Waals surface area contributed by atoms with Crippen molar-refractivity contribution in [3.05, 3.63) is 64.4 Å². The third-order valence-electron chi connectivity index (χ3n) is 2.72. The van der Waals surface area contributed by atoms with Gasteiger partial charge in [0.1, 0.15) is 18.2 Å². The highest BCUT2D eigenvalue weighted by atomic mass is 35.5. The lowest BCUT2D eigenvalue weighted by molar-refractivity contribution is 0.0600. The van der Waals surface area contributed by atoms with Gasteiger partial charge in [0.05, 0.1) is 17.7 Å². The fourth-order valence-corrected chi connectivity index (χ4v) is 1.85.